The lowest BCUT2D eigenvalue weighted by atomic mass is 10.2. The molecule has 34 heavy (non-hydrogen) atoms. The monoisotopic (exact) mass is 641 g/mol. The topological polar surface area (TPSA) is 92.0 Å². The van der Waals surface area contributed by atoms with E-state index in [9.17, 15) is 9.59 Å². The lowest BCUT2D eigenvalue weighted by Crippen LogP contribution is -2.25. The number of fused-ring (bicyclic) bond motifs is 1. The second kappa shape index (κ2) is 11.8. The number of hydrogen-bond acceptors (Lipinski definition) is 7. The van der Waals surface area contributed by atoms with E-state index in [1.165, 1.54) is 18.9 Å². The van der Waals surface area contributed by atoms with Gasteiger partial charge in [-0.2, -0.15) is 9.78 Å². The Balaban J connectivity index is 2.03. The quantitative estimate of drug-likeness (QED) is 0.187. The maximum absolute atomic E-state index is 13.2. The van der Waals surface area contributed by atoms with Gasteiger partial charge < -0.3 is 14.2 Å². The summed E-state index contributed by atoms with van der Waals surface area (Å²) in [7, 11) is 2.82. The summed E-state index contributed by atoms with van der Waals surface area (Å²) in [6, 6.07) is 9.00. The Morgan fingerprint density at radius 2 is 2.06 bits per heavy atom. The van der Waals surface area contributed by atoms with Crippen LogP contribution in [0.3, 0.4) is 0 Å². The molecule has 3 aromatic rings. The molecule has 0 amide bonds. The molecule has 0 aliphatic rings. The SMILES string of the molecule is CCCCc1nc2ccc(Br)cc2c(=O)n1N=Cc1cc(I)c(O[C@@H](C)C(=O)OC)c(OC)c1. The first-order valence-electron chi connectivity index (χ1n) is 10.7. The van der Waals surface area contributed by atoms with Gasteiger partial charge in [0.15, 0.2) is 17.6 Å². The molecule has 0 N–H and O–H groups in total. The van der Waals surface area contributed by atoms with E-state index in [1.54, 1.807) is 25.3 Å². The summed E-state index contributed by atoms with van der Waals surface area (Å²) >= 11 is 5.52. The molecule has 0 fully saturated rings. The van der Waals surface area contributed by atoms with Crippen molar-refractivity contribution in [1.82, 2.24) is 9.66 Å². The van der Waals surface area contributed by atoms with Gasteiger partial charge in [0, 0.05) is 10.9 Å². The Labute approximate surface area is 219 Å². The minimum Gasteiger partial charge on any atom is -0.493 e. The van der Waals surface area contributed by atoms with Gasteiger partial charge in [0.25, 0.3) is 5.56 Å². The lowest BCUT2D eigenvalue weighted by molar-refractivity contribution is -0.147. The Morgan fingerprint density at radius 1 is 1.29 bits per heavy atom. The molecule has 0 aliphatic carbocycles. The van der Waals surface area contributed by atoms with E-state index in [0.717, 1.165) is 17.3 Å². The van der Waals surface area contributed by atoms with Gasteiger partial charge in [0.2, 0.25) is 0 Å². The van der Waals surface area contributed by atoms with Crippen LogP contribution in [-0.4, -0.2) is 42.2 Å². The number of ether oxygens (including phenoxy) is 3. The molecular formula is C24H25BrIN3O5. The fourth-order valence-corrected chi connectivity index (χ4v) is 4.37. The van der Waals surface area contributed by atoms with Crippen LogP contribution in [0.4, 0.5) is 0 Å². The molecule has 0 saturated carbocycles. The smallest absolute Gasteiger partial charge is 0.346 e. The third-order valence-corrected chi connectivity index (χ3v) is 6.33. The van der Waals surface area contributed by atoms with E-state index in [-0.39, 0.29) is 5.56 Å². The van der Waals surface area contributed by atoms with Crippen LogP contribution in [0.1, 0.15) is 38.1 Å². The van der Waals surface area contributed by atoms with Crippen molar-refractivity contribution < 1.29 is 19.0 Å². The predicted molar refractivity (Wildman–Crippen MR) is 143 cm³/mol. The molecule has 0 bridgehead atoms. The first-order chi connectivity index (χ1) is 16.3. The molecule has 1 atom stereocenters. The van der Waals surface area contributed by atoms with Crippen molar-refractivity contribution in [3.8, 4) is 11.5 Å². The van der Waals surface area contributed by atoms with Crippen molar-refractivity contribution in [1.29, 1.82) is 0 Å². The number of benzene rings is 2. The first-order valence-corrected chi connectivity index (χ1v) is 12.5. The van der Waals surface area contributed by atoms with E-state index in [4.69, 9.17) is 14.2 Å². The molecule has 0 saturated heterocycles. The summed E-state index contributed by atoms with van der Waals surface area (Å²) in [6.07, 6.45) is 3.28. The first kappa shape index (κ1) is 26.1. The number of halogens is 2. The summed E-state index contributed by atoms with van der Waals surface area (Å²) in [5, 5.41) is 4.97. The van der Waals surface area contributed by atoms with Gasteiger partial charge in [0.05, 0.1) is 34.9 Å². The Morgan fingerprint density at radius 3 is 2.74 bits per heavy atom. The lowest BCUT2D eigenvalue weighted by Gasteiger charge is -2.17. The van der Waals surface area contributed by atoms with Crippen molar-refractivity contribution in [2.45, 2.75) is 39.2 Å². The summed E-state index contributed by atoms with van der Waals surface area (Å²) in [6.45, 7) is 3.69. The summed E-state index contributed by atoms with van der Waals surface area (Å²) in [5.41, 5.74) is 1.10. The highest BCUT2D eigenvalue weighted by molar-refractivity contribution is 14.1. The van der Waals surface area contributed by atoms with Gasteiger partial charge in [-0.15, -0.1) is 0 Å². The third-order valence-electron chi connectivity index (χ3n) is 5.03. The van der Waals surface area contributed by atoms with Crippen LogP contribution in [0.2, 0.25) is 0 Å². The van der Waals surface area contributed by atoms with Crippen LogP contribution >= 0.6 is 38.5 Å². The molecule has 0 radical (unpaired) electrons. The Hall–Kier alpha value is -2.47. The molecule has 3 rings (SSSR count). The highest BCUT2D eigenvalue weighted by Crippen LogP contribution is 2.34. The average molecular weight is 642 g/mol. The number of aryl methyl sites for hydroxylation is 1. The molecule has 0 aliphatic heterocycles. The van der Waals surface area contributed by atoms with E-state index in [1.807, 2.05) is 18.2 Å². The number of carbonyl (C=O) groups excluding carboxylic acids is 1. The van der Waals surface area contributed by atoms with Gasteiger partial charge in [-0.05, 0) is 71.8 Å². The van der Waals surface area contributed by atoms with Gasteiger partial charge in [0.1, 0.15) is 5.82 Å². The van der Waals surface area contributed by atoms with Crippen LogP contribution < -0.4 is 15.0 Å². The number of nitrogens with zero attached hydrogens (tertiary/aromatic N) is 3. The second-order valence-electron chi connectivity index (χ2n) is 7.47. The zero-order valence-corrected chi connectivity index (χ0v) is 23.0. The number of carbonyl (C=O) groups is 1. The number of unbranched alkanes of at least 4 members (excludes halogenated alkanes) is 1. The average Bonchev–Trinajstić information content (AvgIpc) is 2.83. The molecule has 1 heterocycles. The highest BCUT2D eigenvalue weighted by Gasteiger charge is 2.20. The number of hydrogen-bond donors (Lipinski definition) is 0. The van der Waals surface area contributed by atoms with Crippen LogP contribution in [0.5, 0.6) is 11.5 Å². The summed E-state index contributed by atoms with van der Waals surface area (Å²) in [5.74, 6) is 0.976. The Kier molecular flexibility index (Phi) is 9.06. The predicted octanol–water partition coefficient (Wildman–Crippen LogP) is 4.94. The van der Waals surface area contributed by atoms with Crippen molar-refractivity contribution in [3.05, 3.63) is 60.1 Å². The third kappa shape index (κ3) is 5.96. The molecule has 0 unspecified atom stereocenters. The van der Waals surface area contributed by atoms with Crippen molar-refractivity contribution in [2.24, 2.45) is 5.10 Å². The summed E-state index contributed by atoms with van der Waals surface area (Å²) < 4.78 is 18.8. The normalized spacial score (nSPS) is 12.2. The van der Waals surface area contributed by atoms with E-state index in [2.05, 4.69) is 55.5 Å². The summed E-state index contributed by atoms with van der Waals surface area (Å²) in [4.78, 5) is 29.7. The van der Waals surface area contributed by atoms with Crippen molar-refractivity contribution >= 4 is 61.6 Å². The number of methoxy groups -OCH3 is 2. The van der Waals surface area contributed by atoms with E-state index in [0.29, 0.717) is 43.8 Å². The standard InChI is InChI=1S/C24H25BrIN3O5/c1-5-6-7-21-28-19-9-8-16(25)12-17(19)23(30)29(21)27-13-15-10-18(26)22(20(11-15)32-3)34-14(2)24(31)33-4/h8-14H,5-7H2,1-4H3/t14-/m0/s1. The zero-order valence-electron chi connectivity index (χ0n) is 19.3. The maximum atomic E-state index is 13.2. The van der Waals surface area contributed by atoms with Crippen molar-refractivity contribution in [2.75, 3.05) is 14.2 Å². The second-order valence-corrected chi connectivity index (χ2v) is 9.55. The fraction of sp³-hybridized carbons (Fsp3) is 0.333. The number of aromatic nitrogens is 2. The van der Waals surface area contributed by atoms with Gasteiger partial charge in [-0.25, -0.2) is 9.78 Å². The number of esters is 1. The molecule has 180 valence electrons. The van der Waals surface area contributed by atoms with Crippen LogP contribution in [0.25, 0.3) is 10.9 Å². The minimum absolute atomic E-state index is 0.234. The minimum atomic E-state index is -0.797. The van der Waals surface area contributed by atoms with Crippen LogP contribution in [0.15, 0.2) is 44.7 Å². The largest absolute Gasteiger partial charge is 0.493 e. The molecule has 10 heteroatoms. The number of rotatable bonds is 9. The van der Waals surface area contributed by atoms with Crippen LogP contribution in [0, 0.1) is 3.57 Å². The van der Waals surface area contributed by atoms with Gasteiger partial charge >= 0.3 is 5.97 Å². The maximum Gasteiger partial charge on any atom is 0.346 e. The van der Waals surface area contributed by atoms with E-state index < -0.39 is 12.1 Å². The van der Waals surface area contributed by atoms with Gasteiger partial charge in [-0.3, -0.25) is 4.79 Å². The molecule has 0 spiro atoms. The molecular weight excluding hydrogens is 617 g/mol. The zero-order chi connectivity index (χ0) is 24.8. The van der Waals surface area contributed by atoms with E-state index >= 15 is 0 Å². The molecule has 8 nitrogen and oxygen atoms in total. The fourth-order valence-electron chi connectivity index (χ4n) is 3.25. The van der Waals surface area contributed by atoms with Gasteiger partial charge in [-0.1, -0.05) is 29.3 Å². The van der Waals surface area contributed by atoms with Crippen LogP contribution in [-0.2, 0) is 16.0 Å². The molecule has 1 aromatic heterocycles. The Bertz CT molecular complexity index is 1290. The molecule has 2 aromatic carbocycles. The highest BCUT2D eigenvalue weighted by atomic mass is 127. The van der Waals surface area contributed by atoms with Crippen molar-refractivity contribution in [3.63, 3.8) is 0 Å².